The number of nitrogens with one attached hydrogen (secondary N) is 1. The van der Waals surface area contributed by atoms with Crippen molar-refractivity contribution in [1.82, 2.24) is 14.9 Å². The van der Waals surface area contributed by atoms with Gasteiger partial charge in [-0.25, -0.2) is 13.8 Å². The van der Waals surface area contributed by atoms with Crippen LogP contribution in [0.1, 0.15) is 18.5 Å². The van der Waals surface area contributed by atoms with E-state index in [1.54, 1.807) is 0 Å². The van der Waals surface area contributed by atoms with E-state index < -0.39 is 11.6 Å². The van der Waals surface area contributed by atoms with Crippen LogP contribution >= 0.6 is 0 Å². The SMILES string of the molecule is CC(NC(=O)Cn1cnc2cc(F)c(F)cc21)c1ccc2ccccc2c1. The highest BCUT2D eigenvalue weighted by molar-refractivity contribution is 5.84. The van der Waals surface area contributed by atoms with E-state index in [9.17, 15) is 13.6 Å². The van der Waals surface area contributed by atoms with Crippen LogP contribution in [0, 0.1) is 11.6 Å². The number of hydrogen-bond donors (Lipinski definition) is 1. The van der Waals surface area contributed by atoms with Crippen LogP contribution in [0.2, 0.25) is 0 Å². The lowest BCUT2D eigenvalue weighted by molar-refractivity contribution is -0.122. The molecule has 0 spiro atoms. The molecule has 4 rings (SSSR count). The third kappa shape index (κ3) is 3.38. The third-order valence-electron chi connectivity index (χ3n) is 4.63. The molecule has 4 aromatic rings. The Morgan fingerprint density at radius 2 is 1.81 bits per heavy atom. The molecule has 0 aliphatic carbocycles. The summed E-state index contributed by atoms with van der Waals surface area (Å²) in [6.07, 6.45) is 1.41. The number of hydrogen-bond acceptors (Lipinski definition) is 2. The zero-order valence-electron chi connectivity index (χ0n) is 14.6. The van der Waals surface area contributed by atoms with Crippen molar-refractivity contribution in [1.29, 1.82) is 0 Å². The summed E-state index contributed by atoms with van der Waals surface area (Å²) in [5.41, 5.74) is 1.68. The van der Waals surface area contributed by atoms with Crippen molar-refractivity contribution in [3.8, 4) is 0 Å². The molecule has 0 saturated carbocycles. The fourth-order valence-electron chi connectivity index (χ4n) is 3.18. The molecule has 0 saturated heterocycles. The Morgan fingerprint density at radius 1 is 1.07 bits per heavy atom. The number of rotatable bonds is 4. The number of aromatic nitrogens is 2. The van der Waals surface area contributed by atoms with E-state index in [0.29, 0.717) is 11.0 Å². The molecule has 1 N–H and O–H groups in total. The van der Waals surface area contributed by atoms with Crippen molar-refractivity contribution in [2.24, 2.45) is 0 Å². The topological polar surface area (TPSA) is 46.9 Å². The molecule has 4 nitrogen and oxygen atoms in total. The van der Waals surface area contributed by atoms with Gasteiger partial charge in [0.25, 0.3) is 0 Å². The average molecular weight is 365 g/mol. The smallest absolute Gasteiger partial charge is 0.240 e. The maximum Gasteiger partial charge on any atom is 0.240 e. The first-order chi connectivity index (χ1) is 13.0. The summed E-state index contributed by atoms with van der Waals surface area (Å²) in [4.78, 5) is 16.4. The molecule has 0 fully saturated rings. The van der Waals surface area contributed by atoms with Crippen molar-refractivity contribution in [2.75, 3.05) is 0 Å². The van der Waals surface area contributed by atoms with Gasteiger partial charge in [0.1, 0.15) is 6.54 Å². The van der Waals surface area contributed by atoms with E-state index in [-0.39, 0.29) is 18.5 Å². The number of carbonyl (C=O) groups excluding carboxylic acids is 1. The zero-order chi connectivity index (χ0) is 19.0. The third-order valence-corrected chi connectivity index (χ3v) is 4.63. The van der Waals surface area contributed by atoms with Gasteiger partial charge < -0.3 is 9.88 Å². The molecule has 6 heteroatoms. The second kappa shape index (κ2) is 6.79. The predicted molar refractivity (Wildman–Crippen MR) is 100 cm³/mol. The monoisotopic (exact) mass is 365 g/mol. The summed E-state index contributed by atoms with van der Waals surface area (Å²) >= 11 is 0. The van der Waals surface area contributed by atoms with Crippen molar-refractivity contribution in [2.45, 2.75) is 19.5 Å². The van der Waals surface area contributed by atoms with Crippen LogP contribution in [0.4, 0.5) is 8.78 Å². The largest absolute Gasteiger partial charge is 0.348 e. The molecule has 1 aromatic heterocycles. The summed E-state index contributed by atoms with van der Waals surface area (Å²) in [5.74, 6) is -2.16. The Morgan fingerprint density at radius 3 is 2.63 bits per heavy atom. The molecular formula is C21H17F2N3O. The minimum atomic E-state index is -0.964. The van der Waals surface area contributed by atoms with E-state index in [1.807, 2.05) is 49.4 Å². The number of carbonyl (C=O) groups is 1. The summed E-state index contributed by atoms with van der Waals surface area (Å²) in [6, 6.07) is 16.0. The highest BCUT2D eigenvalue weighted by Crippen LogP contribution is 2.21. The van der Waals surface area contributed by atoms with E-state index in [0.717, 1.165) is 28.5 Å². The standard InChI is InChI=1S/C21H17F2N3O/c1-13(15-7-6-14-4-2-3-5-16(14)8-15)25-21(27)11-26-12-24-19-9-17(22)18(23)10-20(19)26/h2-10,12-13H,11H2,1H3,(H,25,27). The fraction of sp³-hybridized carbons (Fsp3) is 0.143. The molecule has 1 amide bonds. The lowest BCUT2D eigenvalue weighted by Crippen LogP contribution is -2.29. The van der Waals surface area contributed by atoms with Gasteiger partial charge in [-0.3, -0.25) is 4.79 Å². The number of nitrogens with zero attached hydrogens (tertiary/aromatic N) is 2. The highest BCUT2D eigenvalue weighted by Gasteiger charge is 2.14. The van der Waals surface area contributed by atoms with Gasteiger partial charge >= 0.3 is 0 Å². The van der Waals surface area contributed by atoms with Crippen LogP contribution in [-0.2, 0) is 11.3 Å². The Kier molecular flexibility index (Phi) is 4.32. The van der Waals surface area contributed by atoms with Gasteiger partial charge in [-0.05, 0) is 29.3 Å². The van der Waals surface area contributed by atoms with Gasteiger partial charge in [0.05, 0.1) is 23.4 Å². The Hall–Kier alpha value is -3.28. The van der Waals surface area contributed by atoms with E-state index in [2.05, 4.69) is 10.3 Å². The number of imidazole rings is 1. The summed E-state index contributed by atoms with van der Waals surface area (Å²) in [5, 5.41) is 5.18. The van der Waals surface area contributed by atoms with Crippen molar-refractivity contribution < 1.29 is 13.6 Å². The molecule has 1 unspecified atom stereocenters. The molecule has 1 heterocycles. The lowest BCUT2D eigenvalue weighted by Gasteiger charge is -2.15. The number of benzene rings is 3. The molecule has 3 aromatic carbocycles. The van der Waals surface area contributed by atoms with Gasteiger partial charge in [-0.2, -0.15) is 0 Å². The lowest BCUT2D eigenvalue weighted by atomic mass is 10.0. The predicted octanol–water partition coefficient (Wildman–Crippen LogP) is 4.35. The Balaban J connectivity index is 1.51. The van der Waals surface area contributed by atoms with Crippen LogP contribution < -0.4 is 5.32 Å². The second-order valence-electron chi connectivity index (χ2n) is 6.52. The first-order valence-corrected chi connectivity index (χ1v) is 8.59. The molecule has 136 valence electrons. The van der Waals surface area contributed by atoms with Gasteiger partial charge in [0, 0.05) is 12.1 Å². The first-order valence-electron chi connectivity index (χ1n) is 8.59. The molecule has 0 bridgehead atoms. The normalized spacial score (nSPS) is 12.4. The minimum Gasteiger partial charge on any atom is -0.348 e. The minimum absolute atomic E-state index is 0.0283. The maximum atomic E-state index is 13.5. The Labute approximate surface area is 154 Å². The van der Waals surface area contributed by atoms with Crippen LogP contribution in [0.25, 0.3) is 21.8 Å². The molecule has 1 atom stereocenters. The Bertz CT molecular complexity index is 1150. The zero-order valence-corrected chi connectivity index (χ0v) is 14.6. The molecular weight excluding hydrogens is 348 g/mol. The van der Waals surface area contributed by atoms with E-state index >= 15 is 0 Å². The number of halogens is 2. The van der Waals surface area contributed by atoms with Gasteiger partial charge in [-0.15, -0.1) is 0 Å². The average Bonchev–Trinajstić information content (AvgIpc) is 3.03. The van der Waals surface area contributed by atoms with Gasteiger partial charge in [0.2, 0.25) is 5.91 Å². The van der Waals surface area contributed by atoms with Gasteiger partial charge in [-0.1, -0.05) is 36.4 Å². The van der Waals surface area contributed by atoms with Crippen LogP contribution in [0.3, 0.4) is 0 Å². The molecule has 0 aliphatic rings. The summed E-state index contributed by atoms with van der Waals surface area (Å²) in [6.45, 7) is 1.88. The molecule has 27 heavy (non-hydrogen) atoms. The van der Waals surface area contributed by atoms with E-state index in [1.165, 1.54) is 10.9 Å². The summed E-state index contributed by atoms with van der Waals surface area (Å²) < 4.78 is 28.3. The number of amides is 1. The second-order valence-corrected chi connectivity index (χ2v) is 6.52. The van der Waals surface area contributed by atoms with Crippen LogP contribution in [-0.4, -0.2) is 15.5 Å². The van der Waals surface area contributed by atoms with Gasteiger partial charge in [0.15, 0.2) is 11.6 Å². The first kappa shape index (κ1) is 17.1. The summed E-state index contributed by atoms with van der Waals surface area (Å²) in [7, 11) is 0. The highest BCUT2D eigenvalue weighted by atomic mass is 19.2. The molecule has 0 radical (unpaired) electrons. The fourth-order valence-corrected chi connectivity index (χ4v) is 3.18. The van der Waals surface area contributed by atoms with Crippen molar-refractivity contribution >= 4 is 27.7 Å². The van der Waals surface area contributed by atoms with E-state index in [4.69, 9.17) is 0 Å². The quantitative estimate of drug-likeness (QED) is 0.585. The van der Waals surface area contributed by atoms with Crippen LogP contribution in [0.5, 0.6) is 0 Å². The van der Waals surface area contributed by atoms with Crippen molar-refractivity contribution in [3.05, 3.63) is 78.1 Å². The maximum absolute atomic E-state index is 13.5. The molecule has 0 aliphatic heterocycles. The van der Waals surface area contributed by atoms with Crippen molar-refractivity contribution in [3.63, 3.8) is 0 Å². The number of fused-ring (bicyclic) bond motifs is 2. The van der Waals surface area contributed by atoms with Crippen LogP contribution in [0.15, 0.2) is 60.9 Å².